The molecule has 0 atom stereocenters. The third-order valence-corrected chi connectivity index (χ3v) is 12.6. The van der Waals surface area contributed by atoms with E-state index in [0.717, 1.165) is 24.1 Å². The van der Waals surface area contributed by atoms with Gasteiger partial charge in [-0.05, 0) is 30.7 Å². The van der Waals surface area contributed by atoms with E-state index in [2.05, 4.69) is 11.9 Å². The van der Waals surface area contributed by atoms with Crippen LogP contribution in [-0.2, 0) is 62.4 Å². The lowest BCUT2D eigenvalue weighted by atomic mass is 9.12. The van der Waals surface area contributed by atoms with E-state index < -0.39 is 195 Å². The Balaban J connectivity index is 0.000000424. The molecule has 0 amide bonds. The summed E-state index contributed by atoms with van der Waals surface area (Å²) in [5.41, 5.74) is -28.3. The largest absolute Gasteiger partial charge is 0.416 e. The smallest absolute Gasteiger partial charge is 0.287 e. The van der Waals surface area contributed by atoms with Gasteiger partial charge in [-0.25, -0.2) is 0 Å². The van der Waals surface area contributed by atoms with Gasteiger partial charge in [0, 0.05) is 12.0 Å². The molecule has 0 aliphatic carbocycles. The summed E-state index contributed by atoms with van der Waals surface area (Å²) in [5.74, 6) is 0.144. The van der Waals surface area contributed by atoms with Gasteiger partial charge >= 0.3 is 49.4 Å². The van der Waals surface area contributed by atoms with E-state index in [1.807, 2.05) is 47.3 Å². The predicted octanol–water partition coefficient (Wildman–Crippen LogP) is 15.4. The van der Waals surface area contributed by atoms with Crippen LogP contribution in [0.4, 0.5) is 105 Å². The first-order valence-electron chi connectivity index (χ1n) is 23.3. The molecular formula is C52H39BF24N2O. The highest BCUT2D eigenvalue weighted by Crippen LogP contribution is 2.41. The van der Waals surface area contributed by atoms with Crippen LogP contribution >= 0.6 is 0 Å². The first-order chi connectivity index (χ1) is 36.6. The second-order valence-electron chi connectivity index (χ2n) is 18.2. The van der Waals surface area contributed by atoms with Crippen LogP contribution in [0.15, 0.2) is 122 Å². The molecule has 1 aromatic heterocycles. The summed E-state index contributed by atoms with van der Waals surface area (Å²) in [5, 5.41) is 0. The number of benzene rings is 5. The number of alkyl halides is 24. The van der Waals surface area contributed by atoms with Gasteiger partial charge in [-0.2, -0.15) is 132 Å². The lowest BCUT2D eigenvalue weighted by molar-refractivity contribution is -0.691. The lowest BCUT2D eigenvalue weighted by Crippen LogP contribution is -2.75. The van der Waals surface area contributed by atoms with Gasteiger partial charge in [0.15, 0.2) is 11.9 Å². The molecule has 6 rings (SSSR count). The standard InChI is InChI=1S/C32H12BF24.C20H27N2O/c34-25(35,36)13-1-14(26(37,38)39)6-21(5-13)33(22-7-15(27(40,41)42)2-16(8-22)28(43,44)45,23-9-17(29(46,47)48)3-18(10-23)30(49,50)51)24-11-19(31(52,53)54)4-20(12-24)32(55,56)57;1-2-3-4-5-6-10-13-19-16-21-14-15-22(19)17-20(23)18-11-8-7-9-12-18/h1-12H;7-9,11-12,14-16H,2-6,10,13,17H2,1H3/q-1;+1. The van der Waals surface area contributed by atoms with Crippen LogP contribution in [0.5, 0.6) is 0 Å². The fourth-order valence-corrected chi connectivity index (χ4v) is 8.81. The minimum Gasteiger partial charge on any atom is -0.287 e. The van der Waals surface area contributed by atoms with E-state index in [1.165, 1.54) is 32.1 Å². The van der Waals surface area contributed by atoms with E-state index in [1.54, 1.807) is 6.20 Å². The van der Waals surface area contributed by atoms with Gasteiger partial charge < -0.3 is 0 Å². The fourth-order valence-electron chi connectivity index (χ4n) is 8.81. The summed E-state index contributed by atoms with van der Waals surface area (Å²) < 4.78 is 343. The molecule has 0 radical (unpaired) electrons. The van der Waals surface area contributed by atoms with Crippen molar-refractivity contribution in [2.24, 2.45) is 0 Å². The molecule has 0 saturated carbocycles. The molecule has 80 heavy (non-hydrogen) atoms. The average molecular weight is 1170 g/mol. The minimum atomic E-state index is -6.13. The first-order valence-corrected chi connectivity index (χ1v) is 23.3. The normalized spacial score (nSPS) is 13.3. The molecule has 0 fully saturated rings. The van der Waals surface area contributed by atoms with Gasteiger partial charge in [0.05, 0.1) is 56.9 Å². The van der Waals surface area contributed by atoms with Crippen LogP contribution in [0.1, 0.15) is 106 Å². The quantitative estimate of drug-likeness (QED) is 0.0358. The third kappa shape index (κ3) is 16.0. The molecule has 0 aliphatic rings. The van der Waals surface area contributed by atoms with Crippen molar-refractivity contribution in [3.8, 4) is 0 Å². The van der Waals surface area contributed by atoms with E-state index in [4.69, 9.17) is 0 Å². The van der Waals surface area contributed by atoms with Crippen LogP contribution in [0.3, 0.4) is 0 Å². The Morgan fingerprint density at radius 3 is 0.988 bits per heavy atom. The van der Waals surface area contributed by atoms with Crippen molar-refractivity contribution in [1.82, 2.24) is 4.98 Å². The number of hydrogen-bond acceptors (Lipinski definition) is 2. The van der Waals surface area contributed by atoms with Gasteiger partial charge in [0.25, 0.3) is 0 Å². The fraction of sp³-hybridized carbons (Fsp3) is 0.327. The molecule has 5 aromatic carbocycles. The van der Waals surface area contributed by atoms with E-state index >= 15 is 0 Å². The highest BCUT2D eigenvalue weighted by molar-refractivity contribution is 7.20. The molecular weight excluding hydrogens is 1140 g/mol. The number of unbranched alkanes of at least 4 members (excludes halogenated alkanes) is 5. The topological polar surface area (TPSA) is 33.8 Å². The first kappa shape index (κ1) is 64.1. The average Bonchev–Trinajstić information content (AvgIpc) is 3.35. The van der Waals surface area contributed by atoms with Gasteiger partial charge in [0.1, 0.15) is 6.15 Å². The van der Waals surface area contributed by atoms with Crippen LogP contribution < -0.4 is 26.4 Å². The number of aromatic nitrogens is 2. The van der Waals surface area contributed by atoms with E-state index in [9.17, 15) is 110 Å². The summed E-state index contributed by atoms with van der Waals surface area (Å²) in [4.78, 5) is 16.6. The Kier molecular flexibility index (Phi) is 19.0. The van der Waals surface area contributed by atoms with Crippen molar-refractivity contribution in [3.05, 3.63) is 177 Å². The number of ketones is 1. The molecule has 1 heterocycles. The van der Waals surface area contributed by atoms with Crippen molar-refractivity contribution in [3.63, 3.8) is 0 Å². The Hall–Kier alpha value is -6.77. The summed E-state index contributed by atoms with van der Waals surface area (Å²) in [6.45, 7) is 2.63. The number of nitrogens with zero attached hydrogens (tertiary/aromatic N) is 2. The number of aryl methyl sites for hydroxylation is 1. The van der Waals surface area contributed by atoms with Crippen LogP contribution in [0, 0.1) is 0 Å². The number of Topliss-reactive ketones (excluding diaryl/α,β-unsaturated/α-hetero) is 1. The summed E-state index contributed by atoms with van der Waals surface area (Å²) in [7, 11) is 0. The Morgan fingerprint density at radius 2 is 0.700 bits per heavy atom. The maximum Gasteiger partial charge on any atom is 0.416 e. The SMILES string of the molecule is CCCCCCCCc1cncc[n+]1CC(=O)c1ccccc1.FC(F)(F)c1cc([B-](c2cc(C(F)(F)F)cc(C(F)(F)F)c2)(c2cc(C(F)(F)F)cc(C(F)(F)F)c2)c2cc(C(F)(F)F)cc(C(F)(F)F)c2)cc(C(F)(F)F)c1. The highest BCUT2D eigenvalue weighted by atomic mass is 19.4. The predicted molar refractivity (Wildman–Crippen MR) is 242 cm³/mol. The number of rotatable bonds is 14. The molecule has 434 valence electrons. The number of hydrogen-bond donors (Lipinski definition) is 0. The maximum absolute atomic E-state index is 14.2. The number of carbonyl (C=O) groups excluding carboxylic acids is 1. The summed E-state index contributed by atoms with van der Waals surface area (Å²) in [6.07, 6.45) is -40.6. The Morgan fingerprint density at radius 1 is 0.412 bits per heavy atom. The molecule has 0 bridgehead atoms. The van der Waals surface area contributed by atoms with E-state index in [0.29, 0.717) is 6.54 Å². The molecule has 3 nitrogen and oxygen atoms in total. The van der Waals surface area contributed by atoms with Gasteiger partial charge in [-0.15, -0.1) is 0 Å². The zero-order chi connectivity index (χ0) is 60.2. The zero-order valence-electron chi connectivity index (χ0n) is 40.7. The van der Waals surface area contributed by atoms with Gasteiger partial charge in [-0.3, -0.25) is 9.78 Å². The van der Waals surface area contributed by atoms with Gasteiger partial charge in [0.2, 0.25) is 12.3 Å². The molecule has 0 aliphatic heterocycles. The van der Waals surface area contributed by atoms with Crippen LogP contribution in [0.2, 0.25) is 0 Å². The molecule has 0 unspecified atom stereocenters. The second kappa shape index (κ2) is 23.7. The van der Waals surface area contributed by atoms with Crippen LogP contribution in [0.25, 0.3) is 0 Å². The van der Waals surface area contributed by atoms with Crippen molar-refractivity contribution >= 4 is 33.8 Å². The second-order valence-corrected chi connectivity index (χ2v) is 18.2. The molecule has 28 heteroatoms. The molecule has 0 N–H and O–H groups in total. The molecule has 0 spiro atoms. The maximum atomic E-state index is 14.2. The number of carbonyl (C=O) groups is 1. The van der Waals surface area contributed by atoms with Crippen molar-refractivity contribution in [2.45, 2.75) is 108 Å². The minimum absolute atomic E-state index is 0.144. The lowest BCUT2D eigenvalue weighted by Gasteiger charge is -2.46. The van der Waals surface area contributed by atoms with Crippen molar-refractivity contribution < 1.29 is 115 Å². The van der Waals surface area contributed by atoms with E-state index in [-0.39, 0.29) is 5.78 Å². The van der Waals surface area contributed by atoms with Crippen molar-refractivity contribution in [1.29, 1.82) is 0 Å². The van der Waals surface area contributed by atoms with Crippen molar-refractivity contribution in [2.75, 3.05) is 0 Å². The van der Waals surface area contributed by atoms with Crippen LogP contribution in [-0.4, -0.2) is 16.9 Å². The summed E-state index contributed by atoms with van der Waals surface area (Å²) in [6, 6.07) is 0.674. The third-order valence-electron chi connectivity index (χ3n) is 12.6. The number of halogens is 24. The highest BCUT2D eigenvalue weighted by Gasteiger charge is 2.47. The molecule has 6 aromatic rings. The van der Waals surface area contributed by atoms with Gasteiger partial charge in [-0.1, -0.05) is 118 Å². The Bertz CT molecular complexity index is 2660. The molecule has 0 saturated heterocycles. The zero-order valence-corrected chi connectivity index (χ0v) is 40.7. The summed E-state index contributed by atoms with van der Waals surface area (Å²) >= 11 is 0. The monoisotopic (exact) mass is 1170 g/mol. The Labute approximate surface area is 438 Å².